The van der Waals surface area contributed by atoms with Crippen LogP contribution in [0.15, 0.2) is 150 Å². The molecule has 11 rings (SSSR count). The normalized spacial score (nSPS) is 13.8. The highest BCUT2D eigenvalue weighted by Crippen LogP contribution is 2.54. The van der Waals surface area contributed by atoms with E-state index in [0.29, 0.717) is 0 Å². The van der Waals surface area contributed by atoms with Crippen LogP contribution < -0.4 is 4.74 Å². The molecule has 1 aromatic heterocycles. The van der Waals surface area contributed by atoms with Crippen LogP contribution >= 0.6 is 0 Å². The molecule has 2 aliphatic rings. The summed E-state index contributed by atoms with van der Waals surface area (Å²) in [6.07, 6.45) is 0. The van der Waals surface area contributed by atoms with Gasteiger partial charge >= 0.3 is 0 Å². The van der Waals surface area contributed by atoms with Crippen molar-refractivity contribution in [3.63, 3.8) is 0 Å². The molecule has 1 aliphatic carbocycles. The van der Waals surface area contributed by atoms with Gasteiger partial charge in [0.25, 0.3) is 0 Å². The lowest BCUT2D eigenvalue weighted by molar-refractivity contribution is 0.487. The van der Waals surface area contributed by atoms with Crippen molar-refractivity contribution >= 4 is 43.5 Å². The molecule has 0 radical (unpaired) electrons. The van der Waals surface area contributed by atoms with E-state index in [1.54, 1.807) is 0 Å². The Morgan fingerprint density at radius 1 is 0.408 bits per heavy atom. The van der Waals surface area contributed by atoms with E-state index in [0.717, 1.165) is 39.0 Å². The smallest absolute Gasteiger partial charge is 0.135 e. The van der Waals surface area contributed by atoms with Crippen LogP contribution in [0.2, 0.25) is 0 Å². The fourth-order valence-electron chi connectivity index (χ4n) is 8.74. The van der Waals surface area contributed by atoms with Crippen molar-refractivity contribution in [2.45, 2.75) is 19.3 Å². The van der Waals surface area contributed by atoms with Gasteiger partial charge in [-0.1, -0.05) is 123 Å². The monoisotopic (exact) mass is 626 g/mol. The predicted molar refractivity (Wildman–Crippen MR) is 203 cm³/mol. The average Bonchev–Trinajstić information content (AvgIpc) is 3.63. The first kappa shape index (κ1) is 26.9. The fraction of sp³-hybridized carbons (Fsp3) is 0.0638. The second-order valence-corrected chi connectivity index (χ2v) is 14.0. The molecule has 0 fully saturated rings. The Hall–Kier alpha value is -6.12. The Kier molecular flexibility index (Phi) is 5.21. The topological polar surface area (TPSA) is 22.4 Å². The molecule has 8 aromatic carbocycles. The molecule has 0 N–H and O–H groups in total. The lowest BCUT2D eigenvalue weighted by atomic mass is 9.80. The second-order valence-electron chi connectivity index (χ2n) is 14.0. The minimum Gasteiger partial charge on any atom is -0.456 e. The van der Waals surface area contributed by atoms with Gasteiger partial charge in [-0.2, -0.15) is 0 Å². The number of furan rings is 1. The van der Waals surface area contributed by atoms with Crippen LogP contribution in [0.5, 0.6) is 11.5 Å². The Morgan fingerprint density at radius 2 is 1.10 bits per heavy atom. The first-order valence-electron chi connectivity index (χ1n) is 17.0. The van der Waals surface area contributed by atoms with Gasteiger partial charge in [-0.15, -0.1) is 0 Å². The van der Waals surface area contributed by atoms with Gasteiger partial charge in [0.1, 0.15) is 22.7 Å². The van der Waals surface area contributed by atoms with E-state index in [4.69, 9.17) is 9.15 Å². The SMILES string of the molecule is CC1(C)c2cc(-c3ccc4c5c(cccc35)-c3ccccc3O4)ccc2-c2c1ccc1c(-c3ccc4oc5ccccc5c4c3)cccc21. The summed E-state index contributed by atoms with van der Waals surface area (Å²) in [5.41, 5.74) is 14.4. The van der Waals surface area contributed by atoms with Crippen LogP contribution in [0.1, 0.15) is 25.0 Å². The van der Waals surface area contributed by atoms with Crippen molar-refractivity contribution in [2.24, 2.45) is 0 Å². The standard InChI is InChI=1S/C47H30O2/c1-47(2)39-22-20-31-29(27-18-23-43-38(25-27)33-10-4-6-16-42(33)48-43)11-7-13-35(31)45(39)37-19-17-28(26-40(37)47)30-21-24-44-46-34(30)12-8-14-36(46)32-9-3-5-15-41(32)49-44/h3-26H,1-2H3. The van der Waals surface area contributed by atoms with Crippen LogP contribution in [-0.2, 0) is 5.41 Å². The number of benzene rings is 8. The van der Waals surface area contributed by atoms with Crippen molar-refractivity contribution in [1.82, 2.24) is 0 Å². The molecule has 2 nitrogen and oxygen atoms in total. The molecule has 0 unspecified atom stereocenters. The van der Waals surface area contributed by atoms with E-state index >= 15 is 0 Å². The van der Waals surface area contributed by atoms with Gasteiger partial charge < -0.3 is 9.15 Å². The second kappa shape index (κ2) is 9.49. The summed E-state index contributed by atoms with van der Waals surface area (Å²) < 4.78 is 12.5. The maximum Gasteiger partial charge on any atom is 0.135 e. The van der Waals surface area contributed by atoms with Gasteiger partial charge in [-0.05, 0) is 103 Å². The number of rotatable bonds is 2. The predicted octanol–water partition coefficient (Wildman–Crippen LogP) is 13.3. The Bertz CT molecular complexity index is 2880. The third kappa shape index (κ3) is 3.61. The molecule has 0 bridgehead atoms. The molecule has 0 amide bonds. The molecular weight excluding hydrogens is 597 g/mol. The molecule has 1 aliphatic heterocycles. The summed E-state index contributed by atoms with van der Waals surface area (Å²) in [5, 5.41) is 7.27. The number of hydrogen-bond donors (Lipinski definition) is 0. The quantitative estimate of drug-likeness (QED) is 0.190. The highest BCUT2D eigenvalue weighted by Gasteiger charge is 2.37. The zero-order chi connectivity index (χ0) is 32.4. The molecular formula is C47H30O2. The minimum atomic E-state index is -0.145. The third-order valence-electron chi connectivity index (χ3n) is 11.1. The van der Waals surface area contributed by atoms with Crippen LogP contribution in [-0.4, -0.2) is 0 Å². The molecule has 49 heavy (non-hydrogen) atoms. The number of fused-ring (bicyclic) bond motifs is 10. The minimum absolute atomic E-state index is 0.145. The molecule has 0 atom stereocenters. The molecule has 2 heterocycles. The molecule has 0 saturated heterocycles. The summed E-state index contributed by atoms with van der Waals surface area (Å²) in [6, 6.07) is 52.8. The highest BCUT2D eigenvalue weighted by molar-refractivity contribution is 6.12. The highest BCUT2D eigenvalue weighted by atomic mass is 16.5. The Balaban J connectivity index is 1.08. The molecule has 9 aromatic rings. The van der Waals surface area contributed by atoms with Crippen LogP contribution in [0, 0.1) is 0 Å². The first-order valence-corrected chi connectivity index (χ1v) is 17.0. The molecule has 0 saturated carbocycles. The number of para-hydroxylation sites is 2. The van der Waals surface area contributed by atoms with Crippen molar-refractivity contribution in [2.75, 3.05) is 0 Å². The van der Waals surface area contributed by atoms with Crippen LogP contribution in [0.3, 0.4) is 0 Å². The van der Waals surface area contributed by atoms with E-state index in [1.807, 2.05) is 18.2 Å². The van der Waals surface area contributed by atoms with Crippen molar-refractivity contribution < 1.29 is 9.15 Å². The van der Waals surface area contributed by atoms with E-state index in [1.165, 1.54) is 71.6 Å². The maximum absolute atomic E-state index is 6.40. The van der Waals surface area contributed by atoms with E-state index in [9.17, 15) is 0 Å². The average molecular weight is 627 g/mol. The van der Waals surface area contributed by atoms with Gasteiger partial charge in [0.2, 0.25) is 0 Å². The van der Waals surface area contributed by atoms with Crippen LogP contribution in [0.25, 0.3) is 88.0 Å². The fourth-order valence-corrected chi connectivity index (χ4v) is 8.74. The molecule has 230 valence electrons. The van der Waals surface area contributed by atoms with E-state index in [2.05, 4.69) is 141 Å². The van der Waals surface area contributed by atoms with Gasteiger partial charge in [0.15, 0.2) is 0 Å². The van der Waals surface area contributed by atoms with Crippen molar-refractivity contribution in [3.8, 4) is 56.0 Å². The number of ether oxygens (including phenoxy) is 1. The van der Waals surface area contributed by atoms with Gasteiger partial charge in [0, 0.05) is 27.1 Å². The zero-order valence-electron chi connectivity index (χ0n) is 27.2. The summed E-state index contributed by atoms with van der Waals surface area (Å²) in [6.45, 7) is 4.75. The first-order chi connectivity index (χ1) is 24.0. The summed E-state index contributed by atoms with van der Waals surface area (Å²) >= 11 is 0. The van der Waals surface area contributed by atoms with Gasteiger partial charge in [-0.25, -0.2) is 0 Å². The maximum atomic E-state index is 6.40. The molecule has 0 spiro atoms. The van der Waals surface area contributed by atoms with E-state index < -0.39 is 0 Å². The lowest BCUT2D eigenvalue weighted by Gasteiger charge is -2.24. The lowest BCUT2D eigenvalue weighted by Crippen LogP contribution is -2.15. The van der Waals surface area contributed by atoms with Crippen molar-refractivity contribution in [3.05, 3.63) is 157 Å². The molecule has 2 heteroatoms. The van der Waals surface area contributed by atoms with Gasteiger partial charge in [0.05, 0.1) is 0 Å². The number of hydrogen-bond acceptors (Lipinski definition) is 2. The summed E-state index contributed by atoms with van der Waals surface area (Å²) in [5.74, 6) is 1.84. The third-order valence-corrected chi connectivity index (χ3v) is 11.1. The van der Waals surface area contributed by atoms with Gasteiger partial charge in [-0.3, -0.25) is 0 Å². The largest absolute Gasteiger partial charge is 0.456 e. The summed E-state index contributed by atoms with van der Waals surface area (Å²) in [4.78, 5) is 0. The summed E-state index contributed by atoms with van der Waals surface area (Å²) in [7, 11) is 0. The Labute approximate surface area is 283 Å². The zero-order valence-corrected chi connectivity index (χ0v) is 27.2. The van der Waals surface area contributed by atoms with E-state index in [-0.39, 0.29) is 5.41 Å². The van der Waals surface area contributed by atoms with Crippen molar-refractivity contribution in [1.29, 1.82) is 0 Å². The Morgan fingerprint density at radius 3 is 2.04 bits per heavy atom. The van der Waals surface area contributed by atoms with Crippen LogP contribution in [0.4, 0.5) is 0 Å².